The molecule has 0 aromatic heterocycles. The van der Waals surface area contributed by atoms with E-state index in [-0.39, 0.29) is 5.91 Å². The highest BCUT2D eigenvalue weighted by molar-refractivity contribution is 5.78. The van der Waals surface area contributed by atoms with Crippen LogP contribution in [0.1, 0.15) is 39.0 Å². The minimum Gasteiger partial charge on any atom is -0.342 e. The largest absolute Gasteiger partial charge is 0.342 e. The monoisotopic (exact) mass is 210 g/mol. The number of carbonyl (C=O) groups excluding carboxylic acids is 1. The molecular weight excluding hydrogens is 188 g/mol. The molecule has 2 saturated carbocycles. The van der Waals surface area contributed by atoms with Gasteiger partial charge in [-0.1, -0.05) is 6.92 Å². The minimum absolute atomic E-state index is 0.254. The Morgan fingerprint density at radius 1 is 1.47 bits per heavy atom. The van der Waals surface area contributed by atoms with E-state index in [0.717, 1.165) is 6.54 Å². The molecule has 1 amide bonds. The van der Waals surface area contributed by atoms with E-state index in [0.29, 0.717) is 18.0 Å². The van der Waals surface area contributed by atoms with Crippen LogP contribution in [0.25, 0.3) is 0 Å². The molecule has 2 aliphatic rings. The molecule has 0 aromatic carbocycles. The molecule has 3 nitrogen and oxygen atoms in total. The summed E-state index contributed by atoms with van der Waals surface area (Å²) in [5.41, 5.74) is 0.540. The van der Waals surface area contributed by atoms with E-state index < -0.39 is 0 Å². The molecule has 2 rings (SSSR count). The third-order valence-electron chi connectivity index (χ3n) is 3.97. The molecule has 0 aliphatic heterocycles. The van der Waals surface area contributed by atoms with Crippen molar-refractivity contribution in [2.24, 2.45) is 5.41 Å². The highest BCUT2D eigenvalue weighted by Crippen LogP contribution is 2.47. The van der Waals surface area contributed by atoms with Crippen molar-refractivity contribution >= 4 is 5.91 Å². The van der Waals surface area contributed by atoms with Crippen LogP contribution in [0, 0.1) is 5.41 Å². The average Bonchev–Trinajstić information content (AvgIpc) is 3.11. The Bertz CT molecular complexity index is 244. The summed E-state index contributed by atoms with van der Waals surface area (Å²) in [5.74, 6) is 0.254. The Morgan fingerprint density at radius 2 is 2.13 bits per heavy atom. The van der Waals surface area contributed by atoms with Gasteiger partial charge in [-0.05, 0) is 37.5 Å². The number of hydrogen-bond acceptors (Lipinski definition) is 2. The Labute approximate surface area is 92.2 Å². The molecule has 3 heteroatoms. The van der Waals surface area contributed by atoms with E-state index >= 15 is 0 Å². The lowest BCUT2D eigenvalue weighted by Crippen LogP contribution is -2.38. The first-order chi connectivity index (χ1) is 7.17. The molecule has 15 heavy (non-hydrogen) atoms. The summed E-state index contributed by atoms with van der Waals surface area (Å²) in [7, 11) is 1.92. The molecular formula is C12H22N2O. The smallest absolute Gasteiger partial charge is 0.236 e. The molecule has 0 heterocycles. The van der Waals surface area contributed by atoms with E-state index in [9.17, 15) is 4.79 Å². The molecule has 0 spiro atoms. The van der Waals surface area contributed by atoms with Crippen molar-refractivity contribution in [3.63, 3.8) is 0 Å². The van der Waals surface area contributed by atoms with Crippen LogP contribution in [-0.4, -0.2) is 37.0 Å². The first kappa shape index (κ1) is 10.9. The van der Waals surface area contributed by atoms with Crippen LogP contribution in [0.4, 0.5) is 0 Å². The van der Waals surface area contributed by atoms with Crippen LogP contribution < -0.4 is 5.32 Å². The maximum Gasteiger partial charge on any atom is 0.236 e. The van der Waals surface area contributed by atoms with Gasteiger partial charge in [-0.25, -0.2) is 0 Å². The van der Waals surface area contributed by atoms with Gasteiger partial charge in [0.1, 0.15) is 0 Å². The molecule has 1 N–H and O–H groups in total. The van der Waals surface area contributed by atoms with Gasteiger partial charge in [-0.3, -0.25) is 4.79 Å². The Hall–Kier alpha value is -0.570. The maximum atomic E-state index is 11.7. The molecule has 0 unspecified atom stereocenters. The summed E-state index contributed by atoms with van der Waals surface area (Å²) in [6.07, 6.45) is 6.31. The third kappa shape index (κ3) is 2.71. The standard InChI is InChI=1S/C12H22N2O/c1-3-12(6-7-12)9-13-8-11(15)14(2)10-4-5-10/h10,13H,3-9H2,1-2H3. The van der Waals surface area contributed by atoms with Crippen molar-refractivity contribution in [3.05, 3.63) is 0 Å². The topological polar surface area (TPSA) is 32.3 Å². The van der Waals surface area contributed by atoms with Crippen molar-refractivity contribution in [1.82, 2.24) is 10.2 Å². The second-order valence-corrected chi connectivity index (χ2v) is 5.19. The lowest BCUT2D eigenvalue weighted by atomic mass is 10.0. The highest BCUT2D eigenvalue weighted by Gasteiger charge is 2.40. The summed E-state index contributed by atoms with van der Waals surface area (Å²) in [6, 6.07) is 0.542. The van der Waals surface area contributed by atoms with Crippen molar-refractivity contribution in [2.75, 3.05) is 20.1 Å². The zero-order valence-corrected chi connectivity index (χ0v) is 9.88. The summed E-state index contributed by atoms with van der Waals surface area (Å²) in [4.78, 5) is 13.6. The van der Waals surface area contributed by atoms with Gasteiger partial charge in [0.15, 0.2) is 0 Å². The van der Waals surface area contributed by atoms with E-state index in [1.165, 1.54) is 32.1 Å². The summed E-state index contributed by atoms with van der Waals surface area (Å²) in [5, 5.41) is 3.31. The predicted octanol–water partition coefficient (Wildman–Crippen LogP) is 1.39. The van der Waals surface area contributed by atoms with E-state index in [1.54, 1.807) is 0 Å². The number of hydrogen-bond donors (Lipinski definition) is 1. The van der Waals surface area contributed by atoms with Crippen LogP contribution in [-0.2, 0) is 4.79 Å². The lowest BCUT2D eigenvalue weighted by Gasteiger charge is -2.18. The number of likely N-dealkylation sites (N-methyl/N-ethyl adjacent to an activating group) is 1. The normalized spacial score (nSPS) is 22.5. The number of carbonyl (C=O) groups is 1. The summed E-state index contributed by atoms with van der Waals surface area (Å²) >= 11 is 0. The van der Waals surface area contributed by atoms with Crippen LogP contribution in [0.3, 0.4) is 0 Å². The molecule has 2 fully saturated rings. The number of rotatable bonds is 6. The lowest BCUT2D eigenvalue weighted by molar-refractivity contribution is -0.129. The van der Waals surface area contributed by atoms with E-state index in [2.05, 4.69) is 12.2 Å². The zero-order chi connectivity index (χ0) is 10.9. The molecule has 0 atom stereocenters. The Kier molecular flexibility index (Phi) is 3.01. The summed E-state index contributed by atoms with van der Waals surface area (Å²) < 4.78 is 0. The second-order valence-electron chi connectivity index (χ2n) is 5.19. The average molecular weight is 210 g/mol. The van der Waals surface area contributed by atoms with Gasteiger partial charge in [-0.15, -0.1) is 0 Å². The first-order valence-electron chi connectivity index (χ1n) is 6.13. The second kappa shape index (κ2) is 4.12. The van der Waals surface area contributed by atoms with Crippen molar-refractivity contribution in [2.45, 2.75) is 45.1 Å². The predicted molar refractivity (Wildman–Crippen MR) is 60.6 cm³/mol. The molecule has 0 radical (unpaired) electrons. The van der Waals surface area contributed by atoms with Gasteiger partial charge in [0.05, 0.1) is 6.54 Å². The van der Waals surface area contributed by atoms with E-state index in [1.807, 2.05) is 11.9 Å². The first-order valence-corrected chi connectivity index (χ1v) is 6.13. The van der Waals surface area contributed by atoms with Crippen molar-refractivity contribution in [3.8, 4) is 0 Å². The highest BCUT2D eigenvalue weighted by atomic mass is 16.2. The fourth-order valence-electron chi connectivity index (χ4n) is 2.06. The molecule has 86 valence electrons. The number of amides is 1. The Morgan fingerprint density at radius 3 is 2.60 bits per heavy atom. The van der Waals surface area contributed by atoms with Gasteiger partial charge < -0.3 is 10.2 Å². The van der Waals surface area contributed by atoms with E-state index in [4.69, 9.17) is 0 Å². The minimum atomic E-state index is 0.254. The third-order valence-corrected chi connectivity index (χ3v) is 3.97. The van der Waals surface area contributed by atoms with Gasteiger partial charge in [0, 0.05) is 19.6 Å². The maximum absolute atomic E-state index is 11.7. The molecule has 2 aliphatic carbocycles. The zero-order valence-electron chi connectivity index (χ0n) is 9.88. The van der Waals surface area contributed by atoms with Gasteiger partial charge in [0.2, 0.25) is 5.91 Å². The Balaban J connectivity index is 1.62. The number of nitrogens with zero attached hydrogens (tertiary/aromatic N) is 1. The molecule has 0 aromatic rings. The molecule has 0 saturated heterocycles. The fourth-order valence-corrected chi connectivity index (χ4v) is 2.06. The SMILES string of the molecule is CCC1(CNCC(=O)N(C)C2CC2)CC1. The summed E-state index contributed by atoms with van der Waals surface area (Å²) in [6.45, 7) is 3.79. The van der Waals surface area contributed by atoms with Crippen LogP contribution >= 0.6 is 0 Å². The van der Waals surface area contributed by atoms with Gasteiger partial charge in [-0.2, -0.15) is 0 Å². The van der Waals surface area contributed by atoms with Crippen LogP contribution in [0.5, 0.6) is 0 Å². The van der Waals surface area contributed by atoms with Crippen LogP contribution in [0.2, 0.25) is 0 Å². The quantitative estimate of drug-likeness (QED) is 0.718. The van der Waals surface area contributed by atoms with Gasteiger partial charge in [0.25, 0.3) is 0 Å². The van der Waals surface area contributed by atoms with Crippen LogP contribution in [0.15, 0.2) is 0 Å². The van der Waals surface area contributed by atoms with Gasteiger partial charge >= 0.3 is 0 Å². The molecule has 0 bridgehead atoms. The number of nitrogens with one attached hydrogen (secondary N) is 1. The van der Waals surface area contributed by atoms with Crippen molar-refractivity contribution < 1.29 is 4.79 Å². The fraction of sp³-hybridized carbons (Fsp3) is 0.917. The van der Waals surface area contributed by atoms with Crippen molar-refractivity contribution in [1.29, 1.82) is 0 Å².